The van der Waals surface area contributed by atoms with Crippen molar-refractivity contribution in [3.63, 3.8) is 0 Å². The largest absolute Gasteiger partial charge is 0.313 e. The molecule has 0 heterocycles. The molecule has 0 aromatic heterocycles. The quantitative estimate of drug-likeness (QED) is 0.737. The predicted octanol–water partition coefficient (Wildman–Crippen LogP) is 3.01. The first-order valence-electron chi connectivity index (χ1n) is 5.10. The summed E-state index contributed by atoms with van der Waals surface area (Å²) in [5.41, 5.74) is 0.374. The Hall–Kier alpha value is 0.310. The summed E-state index contributed by atoms with van der Waals surface area (Å²) in [7, 11) is 0. The molecule has 0 rings (SSSR count). The van der Waals surface area contributed by atoms with Crippen molar-refractivity contribution in [3.05, 3.63) is 0 Å². The first-order valence-corrected chi connectivity index (χ1v) is 6.49. The highest BCUT2D eigenvalue weighted by molar-refractivity contribution is 7.98. The van der Waals surface area contributed by atoms with Crippen LogP contribution in [0.4, 0.5) is 0 Å². The van der Waals surface area contributed by atoms with Gasteiger partial charge in [0.2, 0.25) is 0 Å². The van der Waals surface area contributed by atoms with Gasteiger partial charge in [-0.3, -0.25) is 0 Å². The van der Waals surface area contributed by atoms with Gasteiger partial charge in [-0.25, -0.2) is 0 Å². The van der Waals surface area contributed by atoms with Gasteiger partial charge in [-0.15, -0.1) is 0 Å². The zero-order valence-electron chi connectivity index (χ0n) is 9.98. The number of hydrogen-bond acceptors (Lipinski definition) is 2. The number of rotatable bonds is 5. The van der Waals surface area contributed by atoms with Crippen LogP contribution in [0.25, 0.3) is 0 Å². The van der Waals surface area contributed by atoms with Crippen molar-refractivity contribution < 1.29 is 0 Å². The minimum atomic E-state index is 0.374. The third kappa shape index (κ3) is 6.39. The number of nitrogens with one attached hydrogen (secondary N) is 1. The zero-order valence-corrected chi connectivity index (χ0v) is 10.8. The lowest BCUT2D eigenvalue weighted by molar-refractivity contribution is 0.279. The van der Waals surface area contributed by atoms with Crippen LogP contribution in [0, 0.1) is 11.3 Å². The molecule has 0 amide bonds. The Kier molecular flexibility index (Phi) is 6.06. The van der Waals surface area contributed by atoms with E-state index in [0.717, 1.165) is 12.5 Å². The van der Waals surface area contributed by atoms with Gasteiger partial charge in [0.05, 0.1) is 0 Å². The van der Waals surface area contributed by atoms with Gasteiger partial charge >= 0.3 is 0 Å². The van der Waals surface area contributed by atoms with Crippen molar-refractivity contribution in [2.45, 2.75) is 40.7 Å². The van der Waals surface area contributed by atoms with Gasteiger partial charge in [-0.2, -0.15) is 11.8 Å². The Morgan fingerprint density at radius 1 is 1.23 bits per heavy atom. The highest BCUT2D eigenvalue weighted by atomic mass is 32.2. The molecule has 0 aliphatic heterocycles. The van der Waals surface area contributed by atoms with Gasteiger partial charge < -0.3 is 5.32 Å². The van der Waals surface area contributed by atoms with Crippen molar-refractivity contribution in [2.24, 2.45) is 11.3 Å². The lowest BCUT2D eigenvalue weighted by atomic mass is 9.88. The minimum absolute atomic E-state index is 0.374. The van der Waals surface area contributed by atoms with E-state index in [1.165, 1.54) is 5.75 Å². The molecule has 0 bridgehead atoms. The van der Waals surface area contributed by atoms with Crippen LogP contribution in [0.15, 0.2) is 0 Å². The first-order chi connectivity index (χ1) is 5.88. The maximum Gasteiger partial charge on any atom is 0.00873 e. The molecule has 0 aliphatic rings. The van der Waals surface area contributed by atoms with Crippen molar-refractivity contribution in [1.82, 2.24) is 5.32 Å². The van der Waals surface area contributed by atoms with E-state index in [-0.39, 0.29) is 0 Å². The van der Waals surface area contributed by atoms with Gasteiger partial charge in [0.25, 0.3) is 0 Å². The van der Waals surface area contributed by atoms with Crippen LogP contribution in [-0.4, -0.2) is 24.6 Å². The van der Waals surface area contributed by atoms with Crippen LogP contribution in [0.5, 0.6) is 0 Å². The second-order valence-electron chi connectivity index (χ2n) is 5.06. The average molecular weight is 203 g/mol. The van der Waals surface area contributed by atoms with Crippen molar-refractivity contribution in [2.75, 3.05) is 18.6 Å². The minimum Gasteiger partial charge on any atom is -0.313 e. The van der Waals surface area contributed by atoms with Gasteiger partial charge in [0.1, 0.15) is 0 Å². The summed E-state index contributed by atoms with van der Waals surface area (Å²) < 4.78 is 0. The fourth-order valence-electron chi connectivity index (χ4n) is 1.03. The lowest BCUT2D eigenvalue weighted by Gasteiger charge is -2.29. The summed E-state index contributed by atoms with van der Waals surface area (Å²) in [5, 5.41) is 3.59. The summed E-state index contributed by atoms with van der Waals surface area (Å²) >= 11 is 1.93. The number of thioether (sulfide) groups is 1. The molecule has 13 heavy (non-hydrogen) atoms. The zero-order chi connectivity index (χ0) is 10.5. The van der Waals surface area contributed by atoms with Gasteiger partial charge in [-0.1, -0.05) is 27.7 Å². The van der Waals surface area contributed by atoms with Gasteiger partial charge in [0.15, 0.2) is 0 Å². The Morgan fingerprint density at radius 3 is 2.15 bits per heavy atom. The van der Waals surface area contributed by atoms with Gasteiger partial charge in [-0.05, 0) is 36.8 Å². The lowest BCUT2D eigenvalue weighted by Crippen LogP contribution is -2.40. The van der Waals surface area contributed by atoms with Crippen LogP contribution in [-0.2, 0) is 0 Å². The Balaban J connectivity index is 3.63. The van der Waals surface area contributed by atoms with E-state index in [1.54, 1.807) is 0 Å². The van der Waals surface area contributed by atoms with E-state index in [0.29, 0.717) is 11.5 Å². The smallest absolute Gasteiger partial charge is 0.00873 e. The molecule has 0 spiro atoms. The SMILES string of the molecule is CSCC(C)CNC(C)C(C)(C)C. The van der Waals surface area contributed by atoms with E-state index in [4.69, 9.17) is 0 Å². The van der Waals surface area contributed by atoms with Gasteiger partial charge in [0, 0.05) is 6.04 Å². The van der Waals surface area contributed by atoms with E-state index < -0.39 is 0 Å². The fraction of sp³-hybridized carbons (Fsp3) is 1.00. The van der Waals surface area contributed by atoms with Crippen molar-refractivity contribution >= 4 is 11.8 Å². The maximum absolute atomic E-state index is 3.59. The van der Waals surface area contributed by atoms with Crippen LogP contribution in [0.2, 0.25) is 0 Å². The molecule has 0 aromatic carbocycles. The second-order valence-corrected chi connectivity index (χ2v) is 5.97. The standard InChI is InChI=1S/C11H25NS/c1-9(8-13-6)7-12-10(2)11(3,4)5/h9-10,12H,7-8H2,1-6H3. The molecule has 0 saturated carbocycles. The van der Waals surface area contributed by atoms with E-state index in [9.17, 15) is 0 Å². The molecule has 0 radical (unpaired) electrons. The molecule has 0 fully saturated rings. The summed E-state index contributed by atoms with van der Waals surface area (Å²) in [6.07, 6.45) is 2.17. The summed E-state index contributed by atoms with van der Waals surface area (Å²) in [6, 6.07) is 0.594. The topological polar surface area (TPSA) is 12.0 Å². The Morgan fingerprint density at radius 2 is 1.77 bits per heavy atom. The first kappa shape index (κ1) is 13.3. The average Bonchev–Trinajstić information content (AvgIpc) is 1.99. The molecule has 2 atom stereocenters. The molecule has 2 unspecified atom stereocenters. The third-order valence-corrected chi connectivity index (χ3v) is 3.43. The molecular formula is C11H25NS. The summed E-state index contributed by atoms with van der Waals surface area (Å²) in [4.78, 5) is 0. The number of hydrogen-bond donors (Lipinski definition) is 1. The second kappa shape index (κ2) is 5.92. The molecule has 2 heteroatoms. The molecule has 0 aliphatic carbocycles. The Labute approximate surface area is 88.1 Å². The summed E-state index contributed by atoms with van der Waals surface area (Å²) in [5.74, 6) is 2.03. The van der Waals surface area contributed by atoms with Crippen LogP contribution < -0.4 is 5.32 Å². The monoisotopic (exact) mass is 203 g/mol. The highest BCUT2D eigenvalue weighted by Crippen LogP contribution is 2.18. The van der Waals surface area contributed by atoms with E-state index in [2.05, 4.69) is 46.2 Å². The highest BCUT2D eigenvalue weighted by Gasteiger charge is 2.19. The van der Waals surface area contributed by atoms with Crippen LogP contribution >= 0.6 is 11.8 Å². The van der Waals surface area contributed by atoms with Crippen molar-refractivity contribution in [3.8, 4) is 0 Å². The predicted molar refractivity (Wildman–Crippen MR) is 64.5 cm³/mol. The third-order valence-electron chi connectivity index (χ3n) is 2.52. The van der Waals surface area contributed by atoms with E-state index >= 15 is 0 Å². The van der Waals surface area contributed by atoms with Crippen LogP contribution in [0.3, 0.4) is 0 Å². The van der Waals surface area contributed by atoms with Crippen molar-refractivity contribution in [1.29, 1.82) is 0 Å². The molecular weight excluding hydrogens is 178 g/mol. The molecule has 80 valence electrons. The van der Waals surface area contributed by atoms with Crippen LogP contribution in [0.1, 0.15) is 34.6 Å². The maximum atomic E-state index is 3.59. The molecule has 0 saturated heterocycles. The van der Waals surface area contributed by atoms with E-state index in [1.807, 2.05) is 11.8 Å². The fourth-order valence-corrected chi connectivity index (χ4v) is 1.71. The molecule has 1 N–H and O–H groups in total. The molecule has 0 aromatic rings. The summed E-state index contributed by atoms with van der Waals surface area (Å²) in [6.45, 7) is 12.6. The molecule has 1 nitrogen and oxygen atoms in total. The normalized spacial score (nSPS) is 17.1. The Bertz CT molecular complexity index is 129.